The van der Waals surface area contributed by atoms with Crippen LogP contribution in [-0.2, 0) is 11.2 Å². The second-order valence-electron chi connectivity index (χ2n) is 3.84. The summed E-state index contributed by atoms with van der Waals surface area (Å²) in [7, 11) is 0. The Morgan fingerprint density at radius 3 is 2.50 bits per heavy atom. The fraction of sp³-hybridized carbons (Fsp3) is 0.0833. The van der Waals surface area contributed by atoms with E-state index in [1.807, 2.05) is 0 Å². The molecule has 2 aromatic carbocycles. The molecular formula is C12H10N2O4. The number of nitro benzene ring substituents is 1. The van der Waals surface area contributed by atoms with Crippen molar-refractivity contribution < 1.29 is 14.8 Å². The van der Waals surface area contributed by atoms with Gasteiger partial charge < -0.3 is 10.8 Å². The topological polar surface area (TPSA) is 106 Å². The Labute approximate surface area is 102 Å². The lowest BCUT2D eigenvalue weighted by Crippen LogP contribution is -2.05. The zero-order chi connectivity index (χ0) is 13.3. The van der Waals surface area contributed by atoms with Crippen LogP contribution in [0.2, 0.25) is 0 Å². The molecule has 0 saturated heterocycles. The fourth-order valence-electron chi connectivity index (χ4n) is 1.95. The summed E-state index contributed by atoms with van der Waals surface area (Å²) in [6, 6.07) is 7.99. The summed E-state index contributed by atoms with van der Waals surface area (Å²) in [6.45, 7) is 0. The number of rotatable bonds is 3. The van der Waals surface area contributed by atoms with Crippen molar-refractivity contribution >= 4 is 28.1 Å². The molecule has 6 heteroatoms. The first-order valence-corrected chi connectivity index (χ1v) is 5.17. The largest absolute Gasteiger partial charge is 0.481 e. The smallest absolute Gasteiger partial charge is 0.308 e. The molecule has 0 fully saturated rings. The van der Waals surface area contributed by atoms with Crippen LogP contribution in [-0.4, -0.2) is 16.0 Å². The molecule has 0 aliphatic rings. The van der Waals surface area contributed by atoms with Crippen molar-refractivity contribution in [3.8, 4) is 0 Å². The van der Waals surface area contributed by atoms with E-state index >= 15 is 0 Å². The van der Waals surface area contributed by atoms with Crippen molar-refractivity contribution in [3.63, 3.8) is 0 Å². The van der Waals surface area contributed by atoms with Gasteiger partial charge in [-0.3, -0.25) is 14.9 Å². The minimum atomic E-state index is -1.12. The first-order chi connectivity index (χ1) is 8.50. The van der Waals surface area contributed by atoms with Gasteiger partial charge in [0.05, 0.1) is 11.3 Å². The summed E-state index contributed by atoms with van der Waals surface area (Å²) in [6.07, 6.45) is -0.406. The van der Waals surface area contributed by atoms with E-state index in [4.69, 9.17) is 10.8 Å². The Morgan fingerprint density at radius 2 is 1.94 bits per heavy atom. The molecule has 0 saturated carbocycles. The van der Waals surface area contributed by atoms with E-state index in [1.165, 1.54) is 6.07 Å². The molecule has 0 spiro atoms. The van der Waals surface area contributed by atoms with Gasteiger partial charge >= 0.3 is 5.97 Å². The Morgan fingerprint density at radius 1 is 1.33 bits per heavy atom. The maximum Gasteiger partial charge on any atom is 0.308 e. The Kier molecular flexibility index (Phi) is 2.85. The van der Waals surface area contributed by atoms with Gasteiger partial charge in [-0.05, 0) is 5.39 Å². The molecule has 92 valence electrons. The van der Waals surface area contributed by atoms with Crippen LogP contribution >= 0.6 is 0 Å². The number of carbonyl (C=O) groups is 1. The highest BCUT2D eigenvalue weighted by atomic mass is 16.6. The van der Waals surface area contributed by atoms with Crippen LogP contribution in [0.15, 0.2) is 30.3 Å². The third-order valence-electron chi connectivity index (χ3n) is 2.69. The predicted octanol–water partition coefficient (Wildman–Crippen LogP) is 1.96. The molecular weight excluding hydrogens is 236 g/mol. The van der Waals surface area contributed by atoms with E-state index in [0.29, 0.717) is 10.8 Å². The molecule has 0 amide bonds. The second kappa shape index (κ2) is 4.33. The van der Waals surface area contributed by atoms with Gasteiger partial charge in [-0.1, -0.05) is 24.3 Å². The van der Waals surface area contributed by atoms with Crippen LogP contribution in [0.1, 0.15) is 5.56 Å². The zero-order valence-electron chi connectivity index (χ0n) is 9.29. The maximum absolute atomic E-state index is 11.0. The van der Waals surface area contributed by atoms with E-state index in [-0.39, 0.29) is 16.9 Å². The molecule has 0 atom stereocenters. The monoisotopic (exact) mass is 246 g/mol. The summed E-state index contributed by atoms with van der Waals surface area (Å²) in [5.41, 5.74) is 5.93. The zero-order valence-corrected chi connectivity index (χ0v) is 9.29. The Bertz CT molecular complexity index is 652. The van der Waals surface area contributed by atoms with Crippen molar-refractivity contribution in [2.24, 2.45) is 0 Å². The van der Waals surface area contributed by atoms with Gasteiger partial charge in [-0.25, -0.2) is 0 Å². The second-order valence-corrected chi connectivity index (χ2v) is 3.84. The molecule has 0 unspecified atom stereocenters. The molecule has 0 aromatic heterocycles. The number of anilines is 1. The fourth-order valence-corrected chi connectivity index (χ4v) is 1.95. The Hall–Kier alpha value is -2.63. The lowest BCUT2D eigenvalue weighted by atomic mass is 9.99. The highest BCUT2D eigenvalue weighted by Crippen LogP contribution is 2.32. The van der Waals surface area contributed by atoms with E-state index < -0.39 is 17.3 Å². The van der Waals surface area contributed by atoms with E-state index in [2.05, 4.69) is 0 Å². The molecule has 0 heterocycles. The van der Waals surface area contributed by atoms with Crippen LogP contribution in [0.3, 0.4) is 0 Å². The van der Waals surface area contributed by atoms with E-state index in [0.717, 1.165) is 0 Å². The van der Waals surface area contributed by atoms with Crippen LogP contribution in [0, 0.1) is 10.1 Å². The van der Waals surface area contributed by atoms with Crippen LogP contribution < -0.4 is 5.73 Å². The van der Waals surface area contributed by atoms with Crippen molar-refractivity contribution in [2.75, 3.05) is 5.73 Å². The predicted molar refractivity (Wildman–Crippen MR) is 66.4 cm³/mol. The number of hydrogen-bond acceptors (Lipinski definition) is 4. The van der Waals surface area contributed by atoms with Gasteiger partial charge in [0.25, 0.3) is 5.69 Å². The van der Waals surface area contributed by atoms with Gasteiger partial charge in [-0.2, -0.15) is 0 Å². The van der Waals surface area contributed by atoms with Crippen molar-refractivity contribution in [1.82, 2.24) is 0 Å². The van der Waals surface area contributed by atoms with Crippen LogP contribution in [0.4, 0.5) is 11.4 Å². The first-order valence-electron chi connectivity index (χ1n) is 5.17. The third-order valence-corrected chi connectivity index (χ3v) is 2.69. The van der Waals surface area contributed by atoms with Gasteiger partial charge in [0.1, 0.15) is 0 Å². The lowest BCUT2D eigenvalue weighted by molar-refractivity contribution is -0.385. The van der Waals surface area contributed by atoms with Gasteiger partial charge in [-0.15, -0.1) is 0 Å². The lowest BCUT2D eigenvalue weighted by Gasteiger charge is -2.08. The summed E-state index contributed by atoms with van der Waals surface area (Å²) in [5.74, 6) is -1.12. The average Bonchev–Trinajstić information content (AvgIpc) is 2.32. The van der Waals surface area contributed by atoms with E-state index in [1.54, 1.807) is 24.3 Å². The van der Waals surface area contributed by atoms with Crippen molar-refractivity contribution in [2.45, 2.75) is 6.42 Å². The molecule has 3 N–H and O–H groups in total. The minimum Gasteiger partial charge on any atom is -0.481 e. The summed E-state index contributed by atoms with van der Waals surface area (Å²) in [4.78, 5) is 21.2. The Balaban J connectivity index is 2.83. The SMILES string of the molecule is Nc1cc([N+](=O)[O-])c(CC(=O)O)c2ccccc12. The van der Waals surface area contributed by atoms with Gasteiger partial charge in [0, 0.05) is 22.7 Å². The van der Waals surface area contributed by atoms with Crippen molar-refractivity contribution in [1.29, 1.82) is 0 Å². The number of nitrogens with zero attached hydrogens (tertiary/aromatic N) is 1. The number of nitrogen functional groups attached to an aromatic ring is 1. The average molecular weight is 246 g/mol. The number of fused-ring (bicyclic) bond motifs is 1. The standard InChI is InChI=1S/C12H10N2O4/c13-10-6-11(14(17)18)9(5-12(15)16)7-3-1-2-4-8(7)10/h1-4,6H,5,13H2,(H,15,16). The van der Waals surface area contributed by atoms with Crippen LogP contribution in [0.5, 0.6) is 0 Å². The number of nitrogens with two attached hydrogens (primary N) is 1. The number of aliphatic carboxylic acids is 1. The summed E-state index contributed by atoms with van der Waals surface area (Å²) in [5, 5.41) is 20.9. The molecule has 2 aromatic rings. The maximum atomic E-state index is 11.0. The molecule has 0 radical (unpaired) electrons. The molecule has 0 bridgehead atoms. The number of carboxylic acids is 1. The third kappa shape index (κ3) is 1.95. The molecule has 18 heavy (non-hydrogen) atoms. The summed E-state index contributed by atoms with van der Waals surface area (Å²) < 4.78 is 0. The van der Waals surface area contributed by atoms with Gasteiger partial charge in [0.15, 0.2) is 0 Å². The van der Waals surface area contributed by atoms with Crippen molar-refractivity contribution in [3.05, 3.63) is 46.0 Å². The van der Waals surface area contributed by atoms with E-state index in [9.17, 15) is 14.9 Å². The summed E-state index contributed by atoms with van der Waals surface area (Å²) >= 11 is 0. The van der Waals surface area contributed by atoms with Gasteiger partial charge in [0.2, 0.25) is 0 Å². The van der Waals surface area contributed by atoms with Crippen LogP contribution in [0.25, 0.3) is 10.8 Å². The number of benzene rings is 2. The first kappa shape index (κ1) is 11.8. The highest BCUT2D eigenvalue weighted by Gasteiger charge is 2.20. The number of nitro groups is 1. The molecule has 2 rings (SSSR count). The quantitative estimate of drug-likeness (QED) is 0.489. The minimum absolute atomic E-state index is 0.178. The number of carboxylic acid groups (broad SMARTS) is 1. The molecule has 0 aliphatic carbocycles. The normalized spacial score (nSPS) is 10.4. The number of hydrogen-bond donors (Lipinski definition) is 2. The molecule has 0 aliphatic heterocycles. The highest BCUT2D eigenvalue weighted by molar-refractivity contribution is 5.99. The molecule has 6 nitrogen and oxygen atoms in total.